The zero-order valence-electron chi connectivity index (χ0n) is 12.1. The Hall–Kier alpha value is -2.09. The summed E-state index contributed by atoms with van der Waals surface area (Å²) in [6.07, 6.45) is 6.71. The number of nitrogens with zero attached hydrogens (tertiary/aromatic N) is 3. The zero-order chi connectivity index (χ0) is 15.0. The van der Waals surface area contributed by atoms with Crippen molar-refractivity contribution < 1.29 is 9.90 Å². The number of aryl methyl sites for hydroxylation is 1. The predicted molar refractivity (Wildman–Crippen MR) is 78.0 cm³/mol. The van der Waals surface area contributed by atoms with Crippen LogP contribution in [0.15, 0.2) is 12.3 Å². The highest BCUT2D eigenvalue weighted by Gasteiger charge is 2.46. The first kappa shape index (κ1) is 13.9. The highest BCUT2D eigenvalue weighted by atomic mass is 16.4. The minimum atomic E-state index is -0.809. The number of rotatable bonds is 2. The average molecular weight is 285 g/mol. The summed E-state index contributed by atoms with van der Waals surface area (Å²) >= 11 is 0. The zero-order valence-corrected chi connectivity index (χ0v) is 12.1. The Morgan fingerprint density at radius 1 is 1.48 bits per heavy atom. The van der Waals surface area contributed by atoms with E-state index < -0.39 is 12.0 Å². The Kier molecular flexibility index (Phi) is 3.54. The van der Waals surface area contributed by atoms with Gasteiger partial charge in [-0.15, -0.1) is 0 Å². The van der Waals surface area contributed by atoms with Gasteiger partial charge in [0.25, 0.3) is 0 Å². The van der Waals surface area contributed by atoms with Gasteiger partial charge in [-0.05, 0) is 43.7 Å². The van der Waals surface area contributed by atoms with E-state index in [1.54, 1.807) is 12.3 Å². The van der Waals surface area contributed by atoms with Crippen LogP contribution in [0.1, 0.15) is 43.2 Å². The summed E-state index contributed by atoms with van der Waals surface area (Å²) in [5.41, 5.74) is 1.36. The van der Waals surface area contributed by atoms with Crippen LogP contribution in [0.4, 0.5) is 5.82 Å². The molecule has 2 heterocycles. The van der Waals surface area contributed by atoms with Gasteiger partial charge in [0.2, 0.25) is 0 Å². The number of carboxylic acids is 1. The van der Waals surface area contributed by atoms with Gasteiger partial charge in [-0.25, -0.2) is 9.78 Å². The molecule has 1 aromatic rings. The molecular weight excluding hydrogens is 266 g/mol. The molecular formula is C16H19N3O2. The maximum atomic E-state index is 11.7. The Bertz CT molecular complexity index is 608. The first-order valence-corrected chi connectivity index (χ1v) is 7.50. The van der Waals surface area contributed by atoms with Gasteiger partial charge in [-0.3, -0.25) is 0 Å². The normalized spacial score (nSPS) is 28.0. The first-order valence-electron chi connectivity index (χ1n) is 7.50. The van der Waals surface area contributed by atoms with Crippen LogP contribution in [-0.4, -0.2) is 28.1 Å². The van der Waals surface area contributed by atoms with Crippen LogP contribution >= 0.6 is 0 Å². The molecule has 0 amide bonds. The first-order chi connectivity index (χ1) is 10.1. The third kappa shape index (κ3) is 2.25. The van der Waals surface area contributed by atoms with E-state index in [2.05, 4.69) is 11.1 Å². The van der Waals surface area contributed by atoms with E-state index in [1.165, 1.54) is 6.42 Å². The van der Waals surface area contributed by atoms with Gasteiger partial charge in [0.05, 0.1) is 5.56 Å². The number of aromatic nitrogens is 1. The lowest BCUT2D eigenvalue weighted by atomic mass is 9.84. The lowest BCUT2D eigenvalue weighted by Gasteiger charge is -2.34. The summed E-state index contributed by atoms with van der Waals surface area (Å²) in [7, 11) is 0. The Balaban J connectivity index is 2.07. The van der Waals surface area contributed by atoms with E-state index in [-0.39, 0.29) is 6.04 Å². The van der Waals surface area contributed by atoms with E-state index in [1.807, 2.05) is 11.8 Å². The fraction of sp³-hybridized carbons (Fsp3) is 0.562. The molecule has 5 heteroatoms. The molecule has 0 bridgehead atoms. The third-order valence-electron chi connectivity index (χ3n) is 4.87. The third-order valence-corrected chi connectivity index (χ3v) is 4.87. The number of anilines is 1. The molecule has 0 spiro atoms. The van der Waals surface area contributed by atoms with Gasteiger partial charge in [0.15, 0.2) is 0 Å². The van der Waals surface area contributed by atoms with Crippen LogP contribution in [0, 0.1) is 24.2 Å². The van der Waals surface area contributed by atoms with Gasteiger partial charge >= 0.3 is 5.97 Å². The highest BCUT2D eigenvalue weighted by molar-refractivity contribution is 5.80. The van der Waals surface area contributed by atoms with Crippen molar-refractivity contribution in [1.29, 1.82) is 5.26 Å². The molecule has 3 unspecified atom stereocenters. The van der Waals surface area contributed by atoms with E-state index in [0.717, 1.165) is 24.8 Å². The molecule has 21 heavy (non-hydrogen) atoms. The van der Waals surface area contributed by atoms with Gasteiger partial charge in [-0.2, -0.15) is 5.26 Å². The Labute approximate surface area is 124 Å². The molecule has 1 saturated carbocycles. The number of nitriles is 1. The number of carbonyl (C=O) groups is 1. The highest BCUT2D eigenvalue weighted by Crippen LogP contribution is 2.42. The van der Waals surface area contributed by atoms with Crippen molar-refractivity contribution in [3.05, 3.63) is 23.4 Å². The molecule has 5 nitrogen and oxygen atoms in total. The molecule has 1 aliphatic carbocycles. The molecule has 3 atom stereocenters. The molecule has 0 aromatic carbocycles. The van der Waals surface area contributed by atoms with Crippen molar-refractivity contribution in [2.75, 3.05) is 4.90 Å². The van der Waals surface area contributed by atoms with Crippen molar-refractivity contribution in [1.82, 2.24) is 4.98 Å². The van der Waals surface area contributed by atoms with Crippen molar-refractivity contribution in [2.45, 2.75) is 51.1 Å². The second-order valence-corrected chi connectivity index (χ2v) is 6.05. The fourth-order valence-electron chi connectivity index (χ4n) is 3.86. The number of carboxylic acid groups (broad SMARTS) is 1. The summed E-state index contributed by atoms with van der Waals surface area (Å²) < 4.78 is 0. The van der Waals surface area contributed by atoms with E-state index in [9.17, 15) is 15.2 Å². The standard InChI is InChI=1S/C16H19N3O2/c1-10-6-7-18-15(12(10)9-17)19-13-5-3-2-4-11(13)8-14(19)16(20)21/h6-7,11,13-14H,2-5,8H2,1H3,(H,20,21). The maximum Gasteiger partial charge on any atom is 0.326 e. The molecule has 1 saturated heterocycles. The molecule has 2 aliphatic rings. The molecule has 110 valence electrons. The van der Waals surface area contributed by atoms with E-state index >= 15 is 0 Å². The lowest BCUT2D eigenvalue weighted by Crippen LogP contribution is -2.43. The second-order valence-electron chi connectivity index (χ2n) is 6.05. The van der Waals surface area contributed by atoms with E-state index in [4.69, 9.17) is 0 Å². The topological polar surface area (TPSA) is 77.2 Å². The Morgan fingerprint density at radius 3 is 2.95 bits per heavy atom. The minimum absolute atomic E-state index is 0.209. The number of hydrogen-bond acceptors (Lipinski definition) is 4. The predicted octanol–water partition coefficient (Wildman–Crippen LogP) is 2.48. The molecule has 3 rings (SSSR count). The SMILES string of the molecule is Cc1ccnc(N2C(C(=O)O)CC3CCCCC32)c1C#N. The molecule has 1 N–H and O–H groups in total. The summed E-state index contributed by atoms with van der Waals surface area (Å²) in [4.78, 5) is 17.9. The van der Waals surface area contributed by atoms with Gasteiger partial charge in [0.1, 0.15) is 17.9 Å². The van der Waals surface area contributed by atoms with Crippen molar-refractivity contribution in [3.63, 3.8) is 0 Å². The molecule has 1 aromatic heterocycles. The van der Waals surface area contributed by atoms with Gasteiger partial charge < -0.3 is 10.0 Å². The summed E-state index contributed by atoms with van der Waals surface area (Å²) in [5, 5.41) is 19.0. The van der Waals surface area contributed by atoms with Gasteiger partial charge in [-0.1, -0.05) is 12.8 Å². The smallest absolute Gasteiger partial charge is 0.326 e. The lowest BCUT2D eigenvalue weighted by molar-refractivity contribution is -0.138. The quantitative estimate of drug-likeness (QED) is 0.903. The van der Waals surface area contributed by atoms with Crippen LogP contribution in [0.2, 0.25) is 0 Å². The number of pyridine rings is 1. The van der Waals surface area contributed by atoms with E-state index in [0.29, 0.717) is 23.7 Å². The van der Waals surface area contributed by atoms with Crippen LogP contribution < -0.4 is 4.90 Å². The van der Waals surface area contributed by atoms with Crippen molar-refractivity contribution in [2.24, 2.45) is 5.92 Å². The van der Waals surface area contributed by atoms with Crippen LogP contribution in [-0.2, 0) is 4.79 Å². The summed E-state index contributed by atoms with van der Waals surface area (Å²) in [6.45, 7) is 1.87. The molecule has 1 aliphatic heterocycles. The fourth-order valence-corrected chi connectivity index (χ4v) is 3.86. The molecule has 0 radical (unpaired) electrons. The maximum absolute atomic E-state index is 11.7. The van der Waals surface area contributed by atoms with Crippen LogP contribution in [0.25, 0.3) is 0 Å². The molecule has 2 fully saturated rings. The van der Waals surface area contributed by atoms with Crippen LogP contribution in [0.3, 0.4) is 0 Å². The second kappa shape index (κ2) is 5.36. The number of aliphatic carboxylic acids is 1. The minimum Gasteiger partial charge on any atom is -0.480 e. The van der Waals surface area contributed by atoms with Crippen molar-refractivity contribution in [3.8, 4) is 6.07 Å². The van der Waals surface area contributed by atoms with Crippen molar-refractivity contribution >= 4 is 11.8 Å². The largest absolute Gasteiger partial charge is 0.480 e. The Morgan fingerprint density at radius 2 is 2.24 bits per heavy atom. The number of fused-ring (bicyclic) bond motifs is 1. The summed E-state index contributed by atoms with van der Waals surface area (Å²) in [5.74, 6) is 0.157. The number of hydrogen-bond donors (Lipinski definition) is 1. The summed E-state index contributed by atoms with van der Waals surface area (Å²) in [6, 6.07) is 3.65. The average Bonchev–Trinajstić information content (AvgIpc) is 2.86. The monoisotopic (exact) mass is 285 g/mol. The van der Waals surface area contributed by atoms with Gasteiger partial charge in [0, 0.05) is 12.2 Å². The van der Waals surface area contributed by atoms with Crippen LogP contribution in [0.5, 0.6) is 0 Å².